The van der Waals surface area contributed by atoms with Crippen molar-refractivity contribution in [3.63, 3.8) is 0 Å². The highest BCUT2D eigenvalue weighted by Crippen LogP contribution is 2.37. The van der Waals surface area contributed by atoms with E-state index >= 15 is 0 Å². The molecule has 5 unspecified atom stereocenters. The second-order valence-corrected chi connectivity index (χ2v) is 11.5. The summed E-state index contributed by atoms with van der Waals surface area (Å²) in [6.07, 6.45) is 6.56. The van der Waals surface area contributed by atoms with E-state index in [4.69, 9.17) is 11.5 Å². The summed E-state index contributed by atoms with van der Waals surface area (Å²) in [6, 6.07) is 0. The molecule has 0 aliphatic heterocycles. The zero-order valence-electron chi connectivity index (χ0n) is 18.7. The third kappa shape index (κ3) is 11.0. The van der Waals surface area contributed by atoms with Gasteiger partial charge in [0, 0.05) is 17.4 Å². The number of unbranched alkanes of at least 4 members (excludes halogenated alkanes) is 1. The Labute approximate surface area is 180 Å². The van der Waals surface area contributed by atoms with Gasteiger partial charge >= 0.3 is 0 Å². The topological polar surface area (TPSA) is 52.0 Å². The molecule has 0 aromatic rings. The van der Waals surface area contributed by atoms with E-state index in [0.29, 0.717) is 17.6 Å². The molecule has 28 heavy (non-hydrogen) atoms. The second-order valence-electron chi connectivity index (χ2n) is 8.07. The molecule has 0 heterocycles. The molecule has 0 saturated carbocycles. The van der Waals surface area contributed by atoms with Crippen molar-refractivity contribution in [1.29, 1.82) is 0 Å². The monoisotopic (exact) mass is 430 g/mol. The molecule has 0 bridgehead atoms. The average molecular weight is 431 g/mol. The summed E-state index contributed by atoms with van der Waals surface area (Å²) in [5.41, 5.74) is 12.9. The number of halogens is 1. The highest BCUT2D eigenvalue weighted by Gasteiger charge is 2.25. The van der Waals surface area contributed by atoms with Gasteiger partial charge in [-0.05, 0) is 43.4 Å². The first kappa shape index (κ1) is 27.6. The predicted molar refractivity (Wildman–Crippen MR) is 133 cm³/mol. The van der Waals surface area contributed by atoms with E-state index in [1.807, 2.05) is 13.8 Å². The van der Waals surface area contributed by atoms with Crippen LogP contribution in [0.2, 0.25) is 0 Å². The number of hydrogen-bond donors (Lipinski definition) is 2. The maximum atomic E-state index is 13.2. The van der Waals surface area contributed by atoms with Gasteiger partial charge in [-0.3, -0.25) is 0 Å². The summed E-state index contributed by atoms with van der Waals surface area (Å²) in [6.45, 7) is 18.4. The molecule has 0 fully saturated rings. The van der Waals surface area contributed by atoms with Gasteiger partial charge in [0.25, 0.3) is 0 Å². The van der Waals surface area contributed by atoms with Crippen LogP contribution in [-0.4, -0.2) is 28.5 Å². The van der Waals surface area contributed by atoms with E-state index in [9.17, 15) is 4.39 Å². The second kappa shape index (κ2) is 14.6. The summed E-state index contributed by atoms with van der Waals surface area (Å²) in [5, 5.41) is 0.644. The molecule has 1 aliphatic rings. The average Bonchev–Trinajstić information content (AvgIpc) is 2.59. The third-order valence-corrected chi connectivity index (χ3v) is 8.47. The fourth-order valence-electron chi connectivity index (χ4n) is 3.19. The molecule has 1 rings (SSSR count). The van der Waals surface area contributed by atoms with Gasteiger partial charge in [0.15, 0.2) is 0 Å². The molecule has 0 aromatic carbocycles. The first-order valence-corrected chi connectivity index (χ1v) is 12.8. The number of hydrogen-bond acceptors (Lipinski definition) is 3. The smallest absolute Gasteiger partial charge is 0.107 e. The highest BCUT2D eigenvalue weighted by molar-refractivity contribution is 8.14. The molecule has 0 saturated heterocycles. The van der Waals surface area contributed by atoms with Gasteiger partial charge in [-0.2, -0.15) is 10.5 Å². The fraction of sp³-hybridized carbons (Fsp3) is 0.696. The van der Waals surface area contributed by atoms with Crippen LogP contribution in [0.15, 0.2) is 35.3 Å². The van der Waals surface area contributed by atoms with Crippen LogP contribution in [0.5, 0.6) is 0 Å². The molecule has 0 aromatic heterocycles. The first-order valence-electron chi connectivity index (χ1n) is 10.3. The summed E-state index contributed by atoms with van der Waals surface area (Å²) < 4.78 is 13.2. The van der Waals surface area contributed by atoms with Gasteiger partial charge in [0.2, 0.25) is 0 Å². The van der Waals surface area contributed by atoms with E-state index in [1.54, 1.807) is 0 Å². The zero-order chi connectivity index (χ0) is 21.9. The normalized spacial score (nSPS) is 22.9. The molecule has 164 valence electrons. The van der Waals surface area contributed by atoms with Crippen LogP contribution in [0.25, 0.3) is 0 Å². The summed E-state index contributed by atoms with van der Waals surface area (Å²) in [5.74, 6) is 6.07. The van der Waals surface area contributed by atoms with Gasteiger partial charge in [-0.1, -0.05) is 75.0 Å². The van der Waals surface area contributed by atoms with E-state index < -0.39 is 6.17 Å². The van der Waals surface area contributed by atoms with Gasteiger partial charge in [-0.25, -0.2) is 4.39 Å². The van der Waals surface area contributed by atoms with Crippen LogP contribution in [-0.2, 0) is 0 Å². The van der Waals surface area contributed by atoms with Crippen LogP contribution in [0.3, 0.4) is 0 Å². The predicted octanol–water partition coefficient (Wildman–Crippen LogP) is 6.61. The minimum absolute atomic E-state index is 0.102. The molecule has 0 amide bonds. The van der Waals surface area contributed by atoms with Crippen molar-refractivity contribution in [1.82, 2.24) is 0 Å². The Morgan fingerprint density at radius 3 is 2.46 bits per heavy atom. The molecule has 5 heteroatoms. The molecule has 5 atom stereocenters. The lowest BCUT2D eigenvalue weighted by atomic mass is 9.90. The highest BCUT2D eigenvalue weighted by atomic mass is 32.2. The standard InChI is InChI=1S/C14H26S.C9H17FN2S/c1-7-9-10-14(8-2)13(5)15(6)11-12(3)4;1-5-4-8(13-9(11)12)6(2)3-7(5)10/h8,13-14H,2-3,6-7,9-11H2,1,4-5H3;5,7,9H,3-4,11-12H2,1-2H3. The van der Waals surface area contributed by atoms with Crippen molar-refractivity contribution in [3.05, 3.63) is 35.3 Å². The van der Waals surface area contributed by atoms with E-state index in [0.717, 1.165) is 17.7 Å². The molecular formula is C23H43FN2S2. The van der Waals surface area contributed by atoms with Gasteiger partial charge in [0.05, 0.1) is 0 Å². The van der Waals surface area contributed by atoms with Crippen molar-refractivity contribution in [2.75, 3.05) is 5.75 Å². The Kier molecular flexibility index (Phi) is 14.4. The third-order valence-electron chi connectivity index (χ3n) is 5.13. The Bertz CT molecular complexity index is 543. The quantitative estimate of drug-likeness (QED) is 0.233. The number of alkyl halides is 1. The Morgan fingerprint density at radius 1 is 1.39 bits per heavy atom. The Hall–Kier alpha value is -0.360. The van der Waals surface area contributed by atoms with Gasteiger partial charge in [-0.15, -0.1) is 6.58 Å². The molecule has 2 nitrogen and oxygen atoms in total. The van der Waals surface area contributed by atoms with Crippen molar-refractivity contribution in [3.8, 4) is 0 Å². The van der Waals surface area contributed by atoms with Gasteiger partial charge in [0.1, 0.15) is 11.7 Å². The van der Waals surface area contributed by atoms with Crippen LogP contribution >= 0.6 is 22.2 Å². The summed E-state index contributed by atoms with van der Waals surface area (Å²) in [4.78, 5) is 1.18. The molecule has 0 spiro atoms. The number of rotatable bonds is 10. The number of allylic oxidation sites excluding steroid dienone is 3. The van der Waals surface area contributed by atoms with E-state index in [-0.39, 0.29) is 21.9 Å². The van der Waals surface area contributed by atoms with E-state index in [1.165, 1.54) is 41.5 Å². The van der Waals surface area contributed by atoms with Crippen molar-refractivity contribution < 1.29 is 4.39 Å². The Balaban J connectivity index is 0.000000525. The van der Waals surface area contributed by atoms with Crippen molar-refractivity contribution in [2.24, 2.45) is 23.3 Å². The molecular weight excluding hydrogens is 387 g/mol. The minimum atomic E-state index is -0.696. The van der Waals surface area contributed by atoms with E-state index in [2.05, 4.69) is 45.9 Å². The molecule has 0 radical (unpaired) electrons. The first-order chi connectivity index (χ1) is 13.0. The van der Waals surface area contributed by atoms with Crippen LogP contribution in [0.4, 0.5) is 4.39 Å². The maximum absolute atomic E-state index is 13.2. The summed E-state index contributed by atoms with van der Waals surface area (Å²) >= 11 is 1.46. The number of thioether (sulfide) groups is 1. The lowest BCUT2D eigenvalue weighted by Gasteiger charge is -2.26. The number of nitrogens with two attached hydrogens (primary N) is 2. The van der Waals surface area contributed by atoms with Crippen LogP contribution in [0, 0.1) is 11.8 Å². The van der Waals surface area contributed by atoms with Crippen LogP contribution < -0.4 is 11.5 Å². The zero-order valence-corrected chi connectivity index (χ0v) is 20.3. The largest absolute Gasteiger partial charge is 0.307 e. The lowest BCUT2D eigenvalue weighted by molar-refractivity contribution is 0.230. The molecule has 1 aliphatic carbocycles. The summed E-state index contributed by atoms with van der Waals surface area (Å²) in [7, 11) is 0.201. The van der Waals surface area contributed by atoms with Crippen molar-refractivity contribution in [2.45, 2.75) is 83.6 Å². The Morgan fingerprint density at radius 2 is 2.00 bits per heavy atom. The maximum Gasteiger partial charge on any atom is 0.107 e. The van der Waals surface area contributed by atoms with Crippen molar-refractivity contribution >= 4 is 28.1 Å². The van der Waals surface area contributed by atoms with Crippen LogP contribution in [0.1, 0.15) is 66.7 Å². The minimum Gasteiger partial charge on any atom is -0.307 e. The van der Waals surface area contributed by atoms with Gasteiger partial charge < -0.3 is 11.5 Å². The molecule has 4 N–H and O–H groups in total. The fourth-order valence-corrected chi connectivity index (χ4v) is 5.80. The lowest BCUT2D eigenvalue weighted by Crippen LogP contribution is -2.28. The SMILES string of the molecule is C=CC(CCCC)C(C)S(=C)CC(=C)C.CC1=C(SC(N)N)CC(C)C(F)C1.